The van der Waals surface area contributed by atoms with Crippen LogP contribution in [-0.2, 0) is 27.1 Å². The van der Waals surface area contributed by atoms with Crippen molar-refractivity contribution in [1.82, 2.24) is 0 Å². The summed E-state index contributed by atoms with van der Waals surface area (Å²) in [6.45, 7) is 19.3. The maximum Gasteiger partial charge on any atom is 0.0465 e. The Morgan fingerprint density at radius 2 is 0.429 bits per heavy atom. The van der Waals surface area contributed by atoms with Gasteiger partial charge in [0.05, 0.1) is 0 Å². The zero-order chi connectivity index (χ0) is 52.1. The van der Waals surface area contributed by atoms with Gasteiger partial charge in [0.15, 0.2) is 0 Å². The molecule has 0 amide bonds. The van der Waals surface area contributed by atoms with Gasteiger partial charge in [-0.25, -0.2) is 0 Å². The molecule has 372 valence electrons. The topological polar surface area (TPSA) is 6.48 Å². The van der Waals surface area contributed by atoms with E-state index in [2.05, 4.69) is 271 Å². The summed E-state index contributed by atoms with van der Waals surface area (Å²) in [5.74, 6) is 0. The molecule has 0 saturated heterocycles. The average Bonchev–Trinajstić information content (AvgIpc) is 4.06. The number of fused-ring (bicyclic) bond motifs is 17. The van der Waals surface area contributed by atoms with Gasteiger partial charge in [0.25, 0.3) is 0 Å². The first kappa shape index (κ1) is 45.0. The van der Waals surface area contributed by atoms with Crippen LogP contribution in [0.25, 0.3) is 55.6 Å². The summed E-state index contributed by atoms with van der Waals surface area (Å²) >= 11 is 0. The summed E-state index contributed by atoms with van der Waals surface area (Å²) in [5.41, 5.74) is 34.0. The fourth-order valence-corrected chi connectivity index (χ4v) is 15.6. The van der Waals surface area contributed by atoms with Crippen LogP contribution >= 0.6 is 0 Å². The molecule has 0 unspecified atom stereocenters. The number of hydrogen-bond donors (Lipinski definition) is 0. The Kier molecular flexibility index (Phi) is 8.80. The van der Waals surface area contributed by atoms with Crippen LogP contribution in [-0.4, -0.2) is 0 Å². The van der Waals surface area contributed by atoms with Crippen LogP contribution < -0.4 is 9.80 Å². The lowest BCUT2D eigenvalue weighted by Crippen LogP contribution is -2.19. The smallest absolute Gasteiger partial charge is 0.0465 e. The van der Waals surface area contributed by atoms with Crippen molar-refractivity contribution in [2.75, 3.05) is 9.80 Å². The lowest BCUT2D eigenvalue weighted by molar-refractivity contribution is 0.659. The predicted octanol–water partition coefficient (Wildman–Crippen LogP) is 19.9. The fourth-order valence-electron chi connectivity index (χ4n) is 15.6. The molecule has 0 atom stereocenters. The van der Waals surface area contributed by atoms with E-state index in [9.17, 15) is 0 Å². The number of rotatable bonds is 6. The van der Waals surface area contributed by atoms with E-state index in [1.165, 1.54) is 158 Å². The molecular weight excluding hydrogens is 929 g/mol. The molecule has 10 aromatic carbocycles. The summed E-state index contributed by atoms with van der Waals surface area (Å²) in [7, 11) is 0. The maximum atomic E-state index is 2.56. The second-order valence-electron chi connectivity index (χ2n) is 25.3. The van der Waals surface area contributed by atoms with Gasteiger partial charge >= 0.3 is 0 Å². The highest BCUT2D eigenvalue weighted by molar-refractivity contribution is 5.94. The van der Waals surface area contributed by atoms with Gasteiger partial charge in [-0.3, -0.25) is 0 Å². The highest BCUT2D eigenvalue weighted by Gasteiger charge is 2.52. The van der Waals surface area contributed by atoms with Crippen LogP contribution in [0.15, 0.2) is 206 Å². The first-order valence-electron chi connectivity index (χ1n) is 28.0. The van der Waals surface area contributed by atoms with Gasteiger partial charge < -0.3 is 9.80 Å². The molecule has 2 nitrogen and oxygen atoms in total. The van der Waals surface area contributed by atoms with Gasteiger partial charge in [-0.2, -0.15) is 0 Å². The van der Waals surface area contributed by atoms with Gasteiger partial charge in [-0.05, 0) is 197 Å². The lowest BCUT2D eigenvalue weighted by atomic mass is 9.81. The van der Waals surface area contributed by atoms with Crippen molar-refractivity contribution in [2.24, 2.45) is 0 Å². The van der Waals surface area contributed by atoms with E-state index in [0.29, 0.717) is 0 Å². The maximum absolute atomic E-state index is 2.56. The van der Waals surface area contributed by atoms with Crippen LogP contribution in [0.4, 0.5) is 34.1 Å². The Morgan fingerprint density at radius 3 is 0.714 bits per heavy atom. The highest BCUT2D eigenvalue weighted by atomic mass is 15.1. The Morgan fingerprint density at radius 1 is 0.221 bits per heavy atom. The SMILES string of the molecule is CC1(C)c2ccccc2-c2ccc(N(c3ccc4c(c3)C(C)(C)c3ccccc3-4)c3ccc4c(c3)C(C)(C)c3cc(N(c5ccc6c(c5)C(C)(C)c5ccccc5-6)c5ccc6c(c5)C5(CC5)c5ccccc5-6)ccc3-4)cc21. The molecule has 77 heavy (non-hydrogen) atoms. The molecule has 0 heterocycles. The van der Waals surface area contributed by atoms with Gasteiger partial charge in [0, 0.05) is 61.2 Å². The quantitative estimate of drug-likeness (QED) is 0.164. The Bertz CT molecular complexity index is 3780. The summed E-state index contributed by atoms with van der Waals surface area (Å²) in [5, 5.41) is 0. The van der Waals surface area contributed by atoms with Crippen molar-refractivity contribution in [3.8, 4) is 55.6 Å². The first-order valence-corrected chi connectivity index (χ1v) is 28.0. The second kappa shape index (κ2) is 15.0. The average molecular weight is 991 g/mol. The van der Waals surface area contributed by atoms with Gasteiger partial charge in [-0.15, -0.1) is 0 Å². The monoisotopic (exact) mass is 990 g/mol. The number of nitrogens with zero attached hydrogens (tertiary/aromatic N) is 2. The molecule has 1 fully saturated rings. The molecule has 0 N–H and O–H groups in total. The van der Waals surface area contributed by atoms with Crippen molar-refractivity contribution < 1.29 is 0 Å². The van der Waals surface area contributed by atoms with Crippen molar-refractivity contribution in [2.45, 2.75) is 95.3 Å². The first-order chi connectivity index (χ1) is 37.2. The van der Waals surface area contributed by atoms with E-state index in [1.54, 1.807) is 0 Å². The minimum Gasteiger partial charge on any atom is -0.310 e. The molecule has 0 radical (unpaired) electrons. The van der Waals surface area contributed by atoms with E-state index in [4.69, 9.17) is 0 Å². The molecule has 2 heteroatoms. The van der Waals surface area contributed by atoms with E-state index in [1.807, 2.05) is 0 Å². The van der Waals surface area contributed by atoms with Crippen LogP contribution in [0, 0.1) is 0 Å². The largest absolute Gasteiger partial charge is 0.310 e. The normalized spacial score (nSPS) is 17.2. The van der Waals surface area contributed by atoms with Gasteiger partial charge in [0.2, 0.25) is 0 Å². The molecule has 6 aliphatic carbocycles. The minimum absolute atomic E-state index is 0.115. The highest BCUT2D eigenvalue weighted by Crippen LogP contribution is 2.64. The van der Waals surface area contributed by atoms with Crippen molar-refractivity contribution >= 4 is 34.1 Å². The third-order valence-electron chi connectivity index (χ3n) is 19.9. The third kappa shape index (κ3) is 5.91. The Labute approximate surface area is 454 Å². The molecule has 0 bridgehead atoms. The van der Waals surface area contributed by atoms with Crippen molar-refractivity contribution in [1.29, 1.82) is 0 Å². The molecule has 1 saturated carbocycles. The summed E-state index contributed by atoms with van der Waals surface area (Å²) < 4.78 is 0. The minimum atomic E-state index is -0.295. The van der Waals surface area contributed by atoms with Crippen molar-refractivity contribution in [3.05, 3.63) is 262 Å². The standard InChI is InChI=1S/C75H62N2/c1-71(2)61-21-13-9-17-51(61)55-31-25-45(39-65(55)71)76(46-26-32-56-52-18-10-14-22-62(52)72(3,4)66(56)40-46)48-28-34-58-59-35-29-49(43-69(59)74(7,8)68(58)42-48)77(47-27-33-57-53-19-11-15-23-63(53)73(5,6)67(57)41-47)50-30-36-60-54-20-12-16-24-64(54)75(37-38-75)70(60)44-50/h9-36,39-44H,37-38H2,1-8H3. The third-order valence-corrected chi connectivity index (χ3v) is 19.9. The van der Waals surface area contributed by atoms with E-state index >= 15 is 0 Å². The zero-order valence-electron chi connectivity index (χ0n) is 45.4. The van der Waals surface area contributed by atoms with Crippen LogP contribution in [0.1, 0.15) is 124 Å². The van der Waals surface area contributed by atoms with E-state index in [-0.39, 0.29) is 27.1 Å². The lowest BCUT2D eigenvalue weighted by Gasteiger charge is -2.31. The van der Waals surface area contributed by atoms with E-state index < -0.39 is 0 Å². The van der Waals surface area contributed by atoms with E-state index in [0.717, 1.165) is 0 Å². The summed E-state index contributed by atoms with van der Waals surface area (Å²) in [6, 6.07) is 79.8. The molecule has 0 aromatic heterocycles. The number of benzene rings is 10. The predicted molar refractivity (Wildman–Crippen MR) is 322 cm³/mol. The zero-order valence-corrected chi connectivity index (χ0v) is 45.4. The number of anilines is 6. The van der Waals surface area contributed by atoms with Crippen LogP contribution in [0.2, 0.25) is 0 Å². The second-order valence-corrected chi connectivity index (χ2v) is 25.3. The molecular formula is C75H62N2. The Hall–Kier alpha value is -8.20. The van der Waals surface area contributed by atoms with Crippen LogP contribution in [0.5, 0.6) is 0 Å². The summed E-state index contributed by atoms with van der Waals surface area (Å²) in [6.07, 6.45) is 2.40. The molecule has 0 aliphatic heterocycles. The summed E-state index contributed by atoms with van der Waals surface area (Å²) in [4.78, 5) is 5.10. The molecule has 10 aromatic rings. The molecule has 1 spiro atoms. The van der Waals surface area contributed by atoms with Crippen LogP contribution in [0.3, 0.4) is 0 Å². The fraction of sp³-hybridized carbons (Fsp3) is 0.200. The Balaban J connectivity index is 0.839. The molecule has 16 rings (SSSR count). The van der Waals surface area contributed by atoms with Crippen molar-refractivity contribution in [3.63, 3.8) is 0 Å². The van der Waals surface area contributed by atoms with Gasteiger partial charge in [0.1, 0.15) is 0 Å². The van der Waals surface area contributed by atoms with Gasteiger partial charge in [-0.1, -0.05) is 189 Å². The molecule has 6 aliphatic rings. The number of hydrogen-bond acceptors (Lipinski definition) is 2.